The van der Waals surface area contributed by atoms with Crippen molar-refractivity contribution in [3.8, 4) is 0 Å². The average Bonchev–Trinajstić information content (AvgIpc) is 2.68. The van der Waals surface area contributed by atoms with Crippen LogP contribution in [0, 0.1) is 17.8 Å². The average molecular weight is 239 g/mol. The maximum absolute atomic E-state index is 12.4. The van der Waals surface area contributed by atoms with Crippen LogP contribution in [0.4, 0.5) is 0 Å². The van der Waals surface area contributed by atoms with Crippen LogP contribution in [0.15, 0.2) is 0 Å². The number of amides is 1. The van der Waals surface area contributed by atoms with E-state index in [1.807, 2.05) is 11.8 Å². The third kappa shape index (κ3) is 1.77. The number of hydrogen-bond acceptors (Lipinski definition) is 2. The van der Waals surface area contributed by atoms with E-state index in [-0.39, 0.29) is 0 Å². The topological polar surface area (TPSA) is 20.3 Å². The largest absolute Gasteiger partial charge is 0.340 e. The Balaban J connectivity index is 1.62. The van der Waals surface area contributed by atoms with Crippen molar-refractivity contribution in [3.63, 3.8) is 0 Å². The standard InChI is InChI=1S/C13H21NOS/c1-8-6-14(7-9(2)16-8)13(15)12-10-4-3-5-11(10)12/h8-12H,3-7H2,1-2H3. The van der Waals surface area contributed by atoms with Gasteiger partial charge in [-0.05, 0) is 24.7 Å². The van der Waals surface area contributed by atoms with Gasteiger partial charge in [-0.15, -0.1) is 0 Å². The second-order valence-electron chi connectivity index (χ2n) is 5.78. The molecule has 4 unspecified atom stereocenters. The second kappa shape index (κ2) is 3.94. The summed E-state index contributed by atoms with van der Waals surface area (Å²) in [5.74, 6) is 2.45. The van der Waals surface area contributed by atoms with Gasteiger partial charge in [-0.25, -0.2) is 0 Å². The molecular formula is C13H21NOS. The van der Waals surface area contributed by atoms with Gasteiger partial charge >= 0.3 is 0 Å². The van der Waals surface area contributed by atoms with Gasteiger partial charge in [0.05, 0.1) is 0 Å². The zero-order valence-electron chi connectivity index (χ0n) is 10.2. The number of thioether (sulfide) groups is 1. The molecule has 1 saturated heterocycles. The van der Waals surface area contributed by atoms with E-state index < -0.39 is 0 Å². The van der Waals surface area contributed by atoms with E-state index in [4.69, 9.17) is 0 Å². The first kappa shape index (κ1) is 10.9. The lowest BCUT2D eigenvalue weighted by Gasteiger charge is -2.35. The molecule has 1 heterocycles. The van der Waals surface area contributed by atoms with E-state index in [2.05, 4.69) is 18.7 Å². The molecule has 1 aliphatic heterocycles. The number of fused-ring (bicyclic) bond motifs is 1. The van der Waals surface area contributed by atoms with Gasteiger partial charge in [0.2, 0.25) is 5.91 Å². The summed E-state index contributed by atoms with van der Waals surface area (Å²) in [4.78, 5) is 14.5. The highest BCUT2D eigenvalue weighted by molar-refractivity contribution is 8.00. The van der Waals surface area contributed by atoms with Crippen molar-refractivity contribution in [1.82, 2.24) is 4.90 Å². The molecular weight excluding hydrogens is 218 g/mol. The van der Waals surface area contributed by atoms with Crippen LogP contribution in [-0.4, -0.2) is 34.4 Å². The Morgan fingerprint density at radius 1 is 1.12 bits per heavy atom. The van der Waals surface area contributed by atoms with Crippen molar-refractivity contribution in [3.05, 3.63) is 0 Å². The molecule has 4 atom stereocenters. The third-order valence-electron chi connectivity index (χ3n) is 4.42. The summed E-state index contributed by atoms with van der Waals surface area (Å²) in [7, 11) is 0. The molecule has 0 aromatic carbocycles. The molecule has 0 spiro atoms. The Bertz CT molecular complexity index is 286. The minimum absolute atomic E-state index is 0.427. The van der Waals surface area contributed by atoms with Crippen LogP contribution >= 0.6 is 11.8 Å². The summed E-state index contributed by atoms with van der Waals surface area (Å²) in [6, 6.07) is 0. The maximum atomic E-state index is 12.4. The first-order valence-electron chi connectivity index (χ1n) is 6.61. The molecule has 0 N–H and O–H groups in total. The van der Waals surface area contributed by atoms with Gasteiger partial charge in [0, 0.05) is 29.5 Å². The minimum Gasteiger partial charge on any atom is -0.340 e. The Morgan fingerprint density at radius 3 is 2.25 bits per heavy atom. The molecule has 2 aliphatic carbocycles. The van der Waals surface area contributed by atoms with Gasteiger partial charge in [-0.2, -0.15) is 11.8 Å². The highest BCUT2D eigenvalue weighted by atomic mass is 32.2. The predicted molar refractivity (Wildman–Crippen MR) is 67.4 cm³/mol. The fourth-order valence-electron chi connectivity index (χ4n) is 3.76. The van der Waals surface area contributed by atoms with E-state index in [1.165, 1.54) is 19.3 Å². The van der Waals surface area contributed by atoms with Crippen molar-refractivity contribution in [1.29, 1.82) is 0 Å². The maximum Gasteiger partial charge on any atom is 0.226 e. The Kier molecular flexibility index (Phi) is 2.69. The van der Waals surface area contributed by atoms with Crippen molar-refractivity contribution in [2.75, 3.05) is 13.1 Å². The molecule has 2 saturated carbocycles. The highest BCUT2D eigenvalue weighted by Crippen LogP contribution is 2.58. The van der Waals surface area contributed by atoms with Crippen LogP contribution < -0.4 is 0 Å². The summed E-state index contributed by atoms with van der Waals surface area (Å²) < 4.78 is 0. The molecule has 0 bridgehead atoms. The highest BCUT2D eigenvalue weighted by Gasteiger charge is 2.57. The summed E-state index contributed by atoms with van der Waals surface area (Å²) in [5.41, 5.74) is 0. The summed E-state index contributed by atoms with van der Waals surface area (Å²) >= 11 is 2.02. The van der Waals surface area contributed by atoms with Crippen molar-refractivity contribution in [2.24, 2.45) is 17.8 Å². The normalized spacial score (nSPS) is 46.6. The molecule has 3 heteroatoms. The number of carbonyl (C=O) groups is 1. The van der Waals surface area contributed by atoms with Gasteiger partial charge in [0.1, 0.15) is 0 Å². The smallest absolute Gasteiger partial charge is 0.226 e. The molecule has 2 nitrogen and oxygen atoms in total. The molecule has 16 heavy (non-hydrogen) atoms. The van der Waals surface area contributed by atoms with Gasteiger partial charge < -0.3 is 4.90 Å². The predicted octanol–water partition coefficient (Wildman–Crippen LogP) is 2.38. The minimum atomic E-state index is 0.427. The van der Waals surface area contributed by atoms with Crippen LogP contribution in [0.2, 0.25) is 0 Å². The Labute approximate surface area is 102 Å². The van der Waals surface area contributed by atoms with Gasteiger partial charge in [0.25, 0.3) is 0 Å². The second-order valence-corrected chi connectivity index (χ2v) is 7.67. The molecule has 3 rings (SSSR count). The number of carbonyl (C=O) groups excluding carboxylic acids is 1. The van der Waals surface area contributed by atoms with Crippen LogP contribution in [0.25, 0.3) is 0 Å². The fourth-order valence-corrected chi connectivity index (χ4v) is 5.08. The van der Waals surface area contributed by atoms with E-state index in [9.17, 15) is 4.79 Å². The number of hydrogen-bond donors (Lipinski definition) is 0. The van der Waals surface area contributed by atoms with Crippen molar-refractivity contribution >= 4 is 17.7 Å². The van der Waals surface area contributed by atoms with Crippen molar-refractivity contribution in [2.45, 2.75) is 43.6 Å². The molecule has 0 aromatic rings. The van der Waals surface area contributed by atoms with E-state index in [0.29, 0.717) is 22.3 Å². The molecule has 3 fully saturated rings. The van der Waals surface area contributed by atoms with Gasteiger partial charge in [-0.3, -0.25) is 4.79 Å². The summed E-state index contributed by atoms with van der Waals surface area (Å²) in [6.07, 6.45) is 3.99. The first-order valence-corrected chi connectivity index (χ1v) is 7.55. The van der Waals surface area contributed by atoms with Crippen LogP contribution in [0.1, 0.15) is 33.1 Å². The molecule has 0 radical (unpaired) electrons. The van der Waals surface area contributed by atoms with Crippen molar-refractivity contribution < 1.29 is 4.79 Å². The first-order chi connectivity index (χ1) is 7.66. The lowest BCUT2D eigenvalue weighted by molar-refractivity contribution is -0.133. The Morgan fingerprint density at radius 2 is 1.69 bits per heavy atom. The van der Waals surface area contributed by atoms with E-state index in [0.717, 1.165) is 24.9 Å². The van der Waals surface area contributed by atoms with Crippen LogP contribution in [-0.2, 0) is 4.79 Å². The molecule has 0 aromatic heterocycles. The fraction of sp³-hybridized carbons (Fsp3) is 0.923. The van der Waals surface area contributed by atoms with Crippen LogP contribution in [0.3, 0.4) is 0 Å². The van der Waals surface area contributed by atoms with E-state index in [1.54, 1.807) is 0 Å². The molecule has 90 valence electrons. The summed E-state index contributed by atoms with van der Waals surface area (Å²) in [5, 5.41) is 1.23. The molecule has 1 amide bonds. The zero-order valence-corrected chi connectivity index (χ0v) is 11.0. The number of rotatable bonds is 1. The summed E-state index contributed by atoms with van der Waals surface area (Å²) in [6.45, 7) is 6.44. The lowest BCUT2D eigenvalue weighted by Crippen LogP contribution is -2.45. The number of nitrogens with zero attached hydrogens (tertiary/aromatic N) is 1. The monoisotopic (exact) mass is 239 g/mol. The van der Waals surface area contributed by atoms with Gasteiger partial charge in [-0.1, -0.05) is 20.3 Å². The third-order valence-corrected chi connectivity index (χ3v) is 5.65. The van der Waals surface area contributed by atoms with E-state index >= 15 is 0 Å². The zero-order chi connectivity index (χ0) is 11.3. The Hall–Kier alpha value is -0.180. The SMILES string of the molecule is CC1CN(C(=O)C2C3CCCC32)CC(C)S1. The van der Waals surface area contributed by atoms with Crippen LogP contribution in [0.5, 0.6) is 0 Å². The molecule has 3 aliphatic rings. The lowest BCUT2D eigenvalue weighted by atomic mass is 10.1. The quantitative estimate of drug-likeness (QED) is 0.700. The van der Waals surface area contributed by atoms with Gasteiger partial charge in [0.15, 0.2) is 0 Å².